The second-order valence-electron chi connectivity index (χ2n) is 3.68. The van der Waals surface area contributed by atoms with E-state index >= 15 is 0 Å². The first-order valence-electron chi connectivity index (χ1n) is 5.08. The first-order valence-corrected chi connectivity index (χ1v) is 5.08. The fourth-order valence-corrected chi connectivity index (χ4v) is 1.85. The van der Waals surface area contributed by atoms with Gasteiger partial charge in [0.15, 0.2) is 0 Å². The molecule has 0 aliphatic carbocycles. The minimum absolute atomic E-state index is 0.0943. The Morgan fingerprint density at radius 1 is 1.41 bits per heavy atom. The molecule has 4 N–H and O–H groups in total. The number of anilines is 2. The molecule has 86 valence electrons. The molecule has 7 heteroatoms. The molecule has 3 rings (SSSR count). The number of H-pyrrole nitrogens is 1. The number of nitrogens with zero attached hydrogens (tertiary/aromatic N) is 3. The quantitative estimate of drug-likeness (QED) is 0.507. The number of nitrogen functional groups attached to an aromatic ring is 1. The molecule has 1 aliphatic heterocycles. The van der Waals surface area contributed by atoms with Crippen LogP contribution in [0.2, 0.25) is 0 Å². The zero-order chi connectivity index (χ0) is 11.8. The normalized spacial score (nSPS) is 13.9. The van der Waals surface area contributed by atoms with Crippen LogP contribution in [0.15, 0.2) is 24.3 Å². The van der Waals surface area contributed by atoms with E-state index in [2.05, 4.69) is 20.6 Å². The lowest BCUT2D eigenvalue weighted by atomic mass is 10.1. The van der Waals surface area contributed by atoms with Gasteiger partial charge in [-0.15, -0.1) is 5.10 Å². The SMILES string of the molecule is NNc1nc(N2Cc3ccccc3C2=O)n[nH]1. The largest absolute Gasteiger partial charge is 0.293 e. The number of carbonyl (C=O) groups is 1. The Balaban J connectivity index is 1.96. The average molecular weight is 230 g/mol. The van der Waals surface area contributed by atoms with Gasteiger partial charge < -0.3 is 0 Å². The van der Waals surface area contributed by atoms with Crippen molar-refractivity contribution in [2.24, 2.45) is 5.84 Å². The van der Waals surface area contributed by atoms with Crippen LogP contribution in [-0.2, 0) is 6.54 Å². The third kappa shape index (κ3) is 1.44. The van der Waals surface area contributed by atoms with Crippen molar-refractivity contribution < 1.29 is 4.79 Å². The maximum Gasteiger partial charge on any atom is 0.261 e. The molecule has 0 spiro atoms. The van der Waals surface area contributed by atoms with Crippen molar-refractivity contribution in [3.63, 3.8) is 0 Å². The third-order valence-corrected chi connectivity index (χ3v) is 2.67. The minimum Gasteiger partial charge on any atom is -0.293 e. The highest BCUT2D eigenvalue weighted by molar-refractivity contribution is 6.09. The molecule has 0 bridgehead atoms. The van der Waals surface area contributed by atoms with Crippen LogP contribution in [0.3, 0.4) is 0 Å². The van der Waals surface area contributed by atoms with Gasteiger partial charge in [0.05, 0.1) is 6.54 Å². The fraction of sp³-hybridized carbons (Fsp3) is 0.100. The molecule has 1 aromatic heterocycles. The van der Waals surface area contributed by atoms with Crippen molar-refractivity contribution >= 4 is 17.8 Å². The van der Waals surface area contributed by atoms with E-state index in [-0.39, 0.29) is 5.91 Å². The summed E-state index contributed by atoms with van der Waals surface area (Å²) >= 11 is 0. The Morgan fingerprint density at radius 2 is 2.24 bits per heavy atom. The van der Waals surface area contributed by atoms with E-state index in [0.717, 1.165) is 5.56 Å². The predicted octanol–water partition coefficient (Wildman–Crippen LogP) is 0.251. The Morgan fingerprint density at radius 3 is 2.94 bits per heavy atom. The number of nitrogens with one attached hydrogen (secondary N) is 2. The maximum atomic E-state index is 12.1. The molecular formula is C10H10N6O. The van der Waals surface area contributed by atoms with Crippen LogP contribution in [0, 0.1) is 0 Å². The highest BCUT2D eigenvalue weighted by Crippen LogP contribution is 2.25. The van der Waals surface area contributed by atoms with Crippen LogP contribution in [0.4, 0.5) is 11.9 Å². The molecule has 2 heterocycles. The summed E-state index contributed by atoms with van der Waals surface area (Å²) in [6, 6.07) is 7.46. The zero-order valence-electron chi connectivity index (χ0n) is 8.84. The summed E-state index contributed by atoms with van der Waals surface area (Å²) < 4.78 is 0. The van der Waals surface area contributed by atoms with Gasteiger partial charge in [-0.05, 0) is 11.6 Å². The van der Waals surface area contributed by atoms with Crippen LogP contribution in [0.1, 0.15) is 15.9 Å². The fourth-order valence-electron chi connectivity index (χ4n) is 1.85. The molecule has 1 amide bonds. The molecule has 0 unspecified atom stereocenters. The van der Waals surface area contributed by atoms with Gasteiger partial charge in [-0.2, -0.15) is 4.98 Å². The van der Waals surface area contributed by atoms with E-state index in [0.29, 0.717) is 24.0 Å². The molecular weight excluding hydrogens is 220 g/mol. The molecule has 1 aromatic carbocycles. The van der Waals surface area contributed by atoms with Gasteiger partial charge in [0.1, 0.15) is 0 Å². The lowest BCUT2D eigenvalue weighted by molar-refractivity contribution is 0.0995. The standard InChI is InChI=1S/C10H10N6O/c11-13-9-12-10(15-14-9)16-5-6-3-1-2-4-7(6)8(16)17/h1-4H,5,11H2,(H2,12,13,14,15). The lowest BCUT2D eigenvalue weighted by Gasteiger charge is -2.09. The van der Waals surface area contributed by atoms with Crippen LogP contribution in [0.5, 0.6) is 0 Å². The number of hydrogen-bond acceptors (Lipinski definition) is 5. The van der Waals surface area contributed by atoms with E-state index in [4.69, 9.17) is 5.84 Å². The third-order valence-electron chi connectivity index (χ3n) is 2.67. The molecule has 17 heavy (non-hydrogen) atoms. The van der Waals surface area contributed by atoms with Gasteiger partial charge in [0.25, 0.3) is 11.9 Å². The summed E-state index contributed by atoms with van der Waals surface area (Å²) in [5.41, 5.74) is 4.01. The molecule has 0 radical (unpaired) electrons. The van der Waals surface area contributed by atoms with Crippen LogP contribution in [0.25, 0.3) is 0 Å². The number of rotatable bonds is 2. The number of hydrazine groups is 1. The highest BCUT2D eigenvalue weighted by atomic mass is 16.2. The monoisotopic (exact) mass is 230 g/mol. The Hall–Kier alpha value is -2.41. The first-order chi connectivity index (χ1) is 8.29. The molecule has 0 atom stereocenters. The molecule has 1 aliphatic rings. The smallest absolute Gasteiger partial charge is 0.261 e. The summed E-state index contributed by atoms with van der Waals surface area (Å²) in [4.78, 5) is 17.6. The van der Waals surface area contributed by atoms with Crippen molar-refractivity contribution in [3.8, 4) is 0 Å². The van der Waals surface area contributed by atoms with Crippen LogP contribution < -0.4 is 16.2 Å². The van der Waals surface area contributed by atoms with Crippen LogP contribution >= 0.6 is 0 Å². The van der Waals surface area contributed by atoms with E-state index in [1.807, 2.05) is 18.2 Å². The maximum absolute atomic E-state index is 12.1. The summed E-state index contributed by atoms with van der Waals surface area (Å²) in [6.07, 6.45) is 0. The molecule has 7 nitrogen and oxygen atoms in total. The number of aromatic nitrogens is 3. The van der Waals surface area contributed by atoms with Crippen molar-refractivity contribution in [1.82, 2.24) is 15.2 Å². The van der Waals surface area contributed by atoms with Gasteiger partial charge >= 0.3 is 0 Å². The number of fused-ring (bicyclic) bond motifs is 1. The van der Waals surface area contributed by atoms with Gasteiger partial charge in [-0.25, -0.2) is 10.9 Å². The van der Waals surface area contributed by atoms with Crippen LogP contribution in [-0.4, -0.2) is 21.1 Å². The molecule has 2 aromatic rings. The van der Waals surface area contributed by atoms with E-state index < -0.39 is 0 Å². The van der Waals surface area contributed by atoms with Crippen molar-refractivity contribution in [2.45, 2.75) is 6.54 Å². The zero-order valence-corrected chi connectivity index (χ0v) is 8.84. The van der Waals surface area contributed by atoms with Gasteiger partial charge in [-0.3, -0.25) is 15.1 Å². The Bertz CT molecular complexity index is 578. The highest BCUT2D eigenvalue weighted by Gasteiger charge is 2.30. The first kappa shape index (κ1) is 9.79. The summed E-state index contributed by atoms with van der Waals surface area (Å²) in [5, 5.41) is 6.52. The van der Waals surface area contributed by atoms with Crippen molar-refractivity contribution in [3.05, 3.63) is 35.4 Å². The summed E-state index contributed by atoms with van der Waals surface area (Å²) in [6.45, 7) is 0.483. The molecule has 0 saturated heterocycles. The van der Waals surface area contributed by atoms with Crippen molar-refractivity contribution in [2.75, 3.05) is 10.3 Å². The second-order valence-corrected chi connectivity index (χ2v) is 3.68. The lowest BCUT2D eigenvalue weighted by Crippen LogP contribution is -2.24. The number of benzene rings is 1. The average Bonchev–Trinajstić information content (AvgIpc) is 2.95. The number of aromatic amines is 1. The second kappa shape index (κ2) is 3.56. The number of carbonyl (C=O) groups excluding carboxylic acids is 1. The molecule has 0 saturated carbocycles. The topological polar surface area (TPSA) is 99.9 Å². The van der Waals surface area contributed by atoms with E-state index in [1.165, 1.54) is 4.90 Å². The Labute approximate surface area is 96.6 Å². The van der Waals surface area contributed by atoms with E-state index in [1.54, 1.807) is 6.07 Å². The summed E-state index contributed by atoms with van der Waals surface area (Å²) in [7, 11) is 0. The number of hydrogen-bond donors (Lipinski definition) is 3. The summed E-state index contributed by atoms with van der Waals surface area (Å²) in [5.74, 6) is 5.74. The van der Waals surface area contributed by atoms with Gasteiger partial charge in [0.2, 0.25) is 5.95 Å². The predicted molar refractivity (Wildman–Crippen MR) is 61.1 cm³/mol. The number of nitrogens with two attached hydrogens (primary N) is 1. The number of amides is 1. The Kier molecular flexibility index (Phi) is 2.05. The van der Waals surface area contributed by atoms with Gasteiger partial charge in [0, 0.05) is 5.56 Å². The van der Waals surface area contributed by atoms with Crippen molar-refractivity contribution in [1.29, 1.82) is 0 Å². The minimum atomic E-state index is -0.0943. The molecule has 0 fully saturated rings. The van der Waals surface area contributed by atoms with E-state index in [9.17, 15) is 4.79 Å². The van der Waals surface area contributed by atoms with Gasteiger partial charge in [-0.1, -0.05) is 18.2 Å².